The second-order valence-electron chi connectivity index (χ2n) is 4.38. The van der Waals surface area contributed by atoms with Crippen LogP contribution in [0.3, 0.4) is 0 Å². The van der Waals surface area contributed by atoms with Crippen LogP contribution in [0.15, 0.2) is 23.4 Å². The first-order chi connectivity index (χ1) is 8.86. The average molecular weight is 269 g/mol. The summed E-state index contributed by atoms with van der Waals surface area (Å²) >= 11 is 0. The molecule has 0 saturated carbocycles. The summed E-state index contributed by atoms with van der Waals surface area (Å²) in [4.78, 5) is 11.9. The first-order valence-electron chi connectivity index (χ1n) is 5.63. The molecule has 1 amide bonds. The standard InChI is InChI=1S/C12H16FN3O3/c1-6(2)10(11(14)16-19)15-12(18)8-5-7(13)3-4-9(8)17/h3-6,10,17,19H,1-2H3,(H2,14,16)(H,15,18). The predicted molar refractivity (Wildman–Crippen MR) is 67.6 cm³/mol. The van der Waals surface area contributed by atoms with Crippen molar-refractivity contribution in [3.05, 3.63) is 29.6 Å². The second kappa shape index (κ2) is 6.03. The number of nitrogens with one attached hydrogen (secondary N) is 1. The monoisotopic (exact) mass is 269 g/mol. The molecule has 0 spiro atoms. The zero-order valence-electron chi connectivity index (χ0n) is 10.6. The molecule has 19 heavy (non-hydrogen) atoms. The lowest BCUT2D eigenvalue weighted by Crippen LogP contribution is -2.47. The van der Waals surface area contributed by atoms with Crippen molar-refractivity contribution in [2.24, 2.45) is 16.8 Å². The fraction of sp³-hybridized carbons (Fsp3) is 0.333. The van der Waals surface area contributed by atoms with Crippen molar-refractivity contribution in [1.29, 1.82) is 0 Å². The largest absolute Gasteiger partial charge is 0.507 e. The summed E-state index contributed by atoms with van der Waals surface area (Å²) in [5.41, 5.74) is 5.25. The van der Waals surface area contributed by atoms with Crippen molar-refractivity contribution in [2.45, 2.75) is 19.9 Å². The highest BCUT2D eigenvalue weighted by Crippen LogP contribution is 2.18. The number of carbonyl (C=O) groups is 1. The van der Waals surface area contributed by atoms with E-state index in [-0.39, 0.29) is 23.1 Å². The number of phenols is 1. The zero-order chi connectivity index (χ0) is 14.6. The summed E-state index contributed by atoms with van der Waals surface area (Å²) in [6.45, 7) is 3.52. The van der Waals surface area contributed by atoms with Gasteiger partial charge < -0.3 is 21.4 Å². The maximum Gasteiger partial charge on any atom is 0.255 e. The van der Waals surface area contributed by atoms with Crippen molar-refractivity contribution < 1.29 is 19.5 Å². The van der Waals surface area contributed by atoms with E-state index in [1.165, 1.54) is 0 Å². The Labute approximate surface area is 109 Å². The molecule has 0 bridgehead atoms. The van der Waals surface area contributed by atoms with E-state index in [4.69, 9.17) is 10.9 Å². The Hall–Kier alpha value is -2.31. The van der Waals surface area contributed by atoms with Crippen LogP contribution in [-0.2, 0) is 0 Å². The van der Waals surface area contributed by atoms with Crippen LogP contribution < -0.4 is 11.1 Å². The number of hydrogen-bond acceptors (Lipinski definition) is 4. The number of amidine groups is 1. The minimum Gasteiger partial charge on any atom is -0.507 e. The summed E-state index contributed by atoms with van der Waals surface area (Å²) < 4.78 is 13.0. The average Bonchev–Trinajstić information content (AvgIpc) is 2.37. The number of rotatable bonds is 4. The Morgan fingerprint density at radius 1 is 1.47 bits per heavy atom. The van der Waals surface area contributed by atoms with E-state index < -0.39 is 17.8 Å². The maximum absolute atomic E-state index is 13.0. The number of halogens is 1. The van der Waals surface area contributed by atoms with Crippen LogP contribution in [0.5, 0.6) is 5.75 Å². The summed E-state index contributed by atoms with van der Waals surface area (Å²) in [5, 5.41) is 23.5. The summed E-state index contributed by atoms with van der Waals surface area (Å²) in [6, 6.07) is 2.31. The Balaban J connectivity index is 2.97. The Kier molecular flexibility index (Phi) is 4.68. The van der Waals surface area contributed by atoms with Crippen molar-refractivity contribution in [3.63, 3.8) is 0 Å². The van der Waals surface area contributed by atoms with Gasteiger partial charge in [-0.05, 0) is 24.1 Å². The molecule has 0 heterocycles. The quantitative estimate of drug-likeness (QED) is 0.283. The molecule has 0 aliphatic rings. The molecular weight excluding hydrogens is 253 g/mol. The van der Waals surface area contributed by atoms with E-state index in [9.17, 15) is 14.3 Å². The molecule has 5 N–H and O–H groups in total. The molecular formula is C12H16FN3O3. The molecule has 1 unspecified atom stereocenters. The number of benzene rings is 1. The number of nitrogens with two attached hydrogens (primary N) is 1. The Bertz CT molecular complexity index is 503. The number of aromatic hydroxyl groups is 1. The highest BCUT2D eigenvalue weighted by molar-refractivity contribution is 6.00. The molecule has 104 valence electrons. The SMILES string of the molecule is CC(C)C(NC(=O)c1cc(F)ccc1O)/C(N)=N/O. The van der Waals surface area contributed by atoms with E-state index >= 15 is 0 Å². The van der Waals surface area contributed by atoms with Crippen molar-refractivity contribution >= 4 is 11.7 Å². The van der Waals surface area contributed by atoms with Gasteiger partial charge >= 0.3 is 0 Å². The molecule has 0 fully saturated rings. The van der Waals surface area contributed by atoms with Gasteiger partial charge in [0, 0.05) is 0 Å². The lowest BCUT2D eigenvalue weighted by molar-refractivity contribution is 0.0935. The lowest BCUT2D eigenvalue weighted by Gasteiger charge is -2.21. The number of phenolic OH excluding ortho intramolecular Hbond substituents is 1. The fourth-order valence-corrected chi connectivity index (χ4v) is 1.55. The van der Waals surface area contributed by atoms with E-state index in [1.54, 1.807) is 13.8 Å². The number of oxime groups is 1. The summed E-state index contributed by atoms with van der Waals surface area (Å²) in [7, 11) is 0. The smallest absolute Gasteiger partial charge is 0.255 e. The number of nitrogens with zero attached hydrogens (tertiary/aromatic N) is 1. The van der Waals surface area contributed by atoms with Crippen LogP contribution >= 0.6 is 0 Å². The Morgan fingerprint density at radius 2 is 2.11 bits per heavy atom. The highest BCUT2D eigenvalue weighted by atomic mass is 19.1. The first-order valence-corrected chi connectivity index (χ1v) is 5.63. The van der Waals surface area contributed by atoms with Crippen LogP contribution in [-0.4, -0.2) is 28.1 Å². The summed E-state index contributed by atoms with van der Waals surface area (Å²) in [6.07, 6.45) is 0. The molecule has 1 aromatic rings. The third kappa shape index (κ3) is 3.57. The van der Waals surface area contributed by atoms with Crippen molar-refractivity contribution in [1.82, 2.24) is 5.32 Å². The minimum absolute atomic E-state index is 0.143. The Morgan fingerprint density at radius 3 is 2.63 bits per heavy atom. The number of hydrogen-bond donors (Lipinski definition) is 4. The summed E-state index contributed by atoms with van der Waals surface area (Å²) in [5.74, 6) is -2.01. The number of amides is 1. The molecule has 0 aromatic heterocycles. The van der Waals surface area contributed by atoms with Gasteiger partial charge in [0.05, 0.1) is 11.6 Å². The van der Waals surface area contributed by atoms with Gasteiger partial charge in [0.25, 0.3) is 5.91 Å². The zero-order valence-corrected chi connectivity index (χ0v) is 10.6. The van der Waals surface area contributed by atoms with Gasteiger partial charge in [-0.1, -0.05) is 19.0 Å². The molecule has 1 rings (SSSR count). The van der Waals surface area contributed by atoms with Gasteiger partial charge in [0.2, 0.25) is 0 Å². The van der Waals surface area contributed by atoms with Crippen LogP contribution in [0.4, 0.5) is 4.39 Å². The van der Waals surface area contributed by atoms with Crippen molar-refractivity contribution in [2.75, 3.05) is 0 Å². The van der Waals surface area contributed by atoms with Crippen LogP contribution in [0.1, 0.15) is 24.2 Å². The van der Waals surface area contributed by atoms with Gasteiger partial charge in [0.15, 0.2) is 5.84 Å². The minimum atomic E-state index is -0.722. The number of carbonyl (C=O) groups excluding carboxylic acids is 1. The van der Waals surface area contributed by atoms with Crippen LogP contribution in [0.2, 0.25) is 0 Å². The lowest BCUT2D eigenvalue weighted by atomic mass is 10.0. The molecule has 0 saturated heterocycles. The predicted octanol–water partition coefficient (Wildman–Crippen LogP) is 1.03. The van der Waals surface area contributed by atoms with E-state index in [2.05, 4.69) is 10.5 Å². The van der Waals surface area contributed by atoms with Gasteiger partial charge in [-0.25, -0.2) is 4.39 Å². The second-order valence-corrected chi connectivity index (χ2v) is 4.38. The van der Waals surface area contributed by atoms with Gasteiger partial charge in [0.1, 0.15) is 11.6 Å². The fourth-order valence-electron chi connectivity index (χ4n) is 1.55. The topological polar surface area (TPSA) is 108 Å². The maximum atomic E-state index is 13.0. The molecule has 0 aliphatic heterocycles. The molecule has 1 aromatic carbocycles. The molecule has 7 heteroatoms. The normalized spacial score (nSPS) is 13.4. The van der Waals surface area contributed by atoms with E-state index in [0.717, 1.165) is 18.2 Å². The van der Waals surface area contributed by atoms with Gasteiger partial charge in [-0.3, -0.25) is 4.79 Å². The third-order valence-electron chi connectivity index (χ3n) is 2.59. The first kappa shape index (κ1) is 14.7. The molecule has 6 nitrogen and oxygen atoms in total. The highest BCUT2D eigenvalue weighted by Gasteiger charge is 2.23. The third-order valence-corrected chi connectivity index (χ3v) is 2.59. The van der Waals surface area contributed by atoms with Gasteiger partial charge in [-0.15, -0.1) is 0 Å². The van der Waals surface area contributed by atoms with Crippen LogP contribution in [0, 0.1) is 11.7 Å². The van der Waals surface area contributed by atoms with Crippen molar-refractivity contribution in [3.8, 4) is 5.75 Å². The van der Waals surface area contributed by atoms with E-state index in [0.29, 0.717) is 0 Å². The molecule has 1 atom stereocenters. The van der Waals surface area contributed by atoms with Crippen LogP contribution in [0.25, 0.3) is 0 Å². The van der Waals surface area contributed by atoms with E-state index in [1.807, 2.05) is 0 Å². The van der Waals surface area contributed by atoms with Gasteiger partial charge in [-0.2, -0.15) is 0 Å². The molecule has 0 radical (unpaired) electrons. The molecule has 0 aliphatic carbocycles.